The van der Waals surface area contributed by atoms with Crippen LogP contribution in [0, 0.1) is 5.82 Å². The molecule has 3 rings (SSSR count). The first-order valence-corrected chi connectivity index (χ1v) is 8.14. The standard InChI is InChI=1S/C19H14F3NO6/c1-26-14-5-2-11(8-13(14)20)3-7-18(25)27-10-17(24)23-12-4-6-15-16(9-12)29-19(21,22)28-15/h2-9H,10H2,1H3,(H,23,24)/b7-3+. The molecule has 0 saturated heterocycles. The average molecular weight is 409 g/mol. The second-order valence-electron chi connectivity index (χ2n) is 5.71. The van der Waals surface area contributed by atoms with Crippen LogP contribution in [-0.4, -0.2) is 31.9 Å². The number of carbonyl (C=O) groups is 2. The first-order chi connectivity index (χ1) is 13.8. The Morgan fingerprint density at radius 2 is 1.90 bits per heavy atom. The molecule has 1 heterocycles. The number of nitrogens with one attached hydrogen (secondary N) is 1. The van der Waals surface area contributed by atoms with Crippen molar-refractivity contribution < 1.29 is 41.7 Å². The number of carbonyl (C=O) groups excluding carboxylic acids is 2. The quantitative estimate of drug-likeness (QED) is 0.582. The minimum Gasteiger partial charge on any atom is -0.494 e. The summed E-state index contributed by atoms with van der Waals surface area (Å²) in [6, 6.07) is 7.76. The van der Waals surface area contributed by atoms with Gasteiger partial charge in [-0.15, -0.1) is 8.78 Å². The van der Waals surface area contributed by atoms with Crippen LogP contribution >= 0.6 is 0 Å². The third kappa shape index (κ3) is 5.18. The van der Waals surface area contributed by atoms with Gasteiger partial charge in [-0.2, -0.15) is 0 Å². The highest BCUT2D eigenvalue weighted by atomic mass is 19.3. The van der Waals surface area contributed by atoms with Crippen molar-refractivity contribution >= 4 is 23.6 Å². The minimum atomic E-state index is -3.76. The molecule has 1 aliphatic heterocycles. The molecular weight excluding hydrogens is 395 g/mol. The molecule has 0 aliphatic carbocycles. The van der Waals surface area contributed by atoms with Crippen molar-refractivity contribution in [2.45, 2.75) is 6.29 Å². The molecule has 29 heavy (non-hydrogen) atoms. The molecule has 1 N–H and O–H groups in total. The van der Waals surface area contributed by atoms with Crippen LogP contribution in [0.2, 0.25) is 0 Å². The largest absolute Gasteiger partial charge is 0.586 e. The van der Waals surface area contributed by atoms with E-state index in [2.05, 4.69) is 14.8 Å². The molecule has 2 aromatic carbocycles. The first kappa shape index (κ1) is 20.1. The predicted octanol–water partition coefficient (Wildman–Crippen LogP) is 3.35. The number of anilines is 1. The number of benzene rings is 2. The van der Waals surface area contributed by atoms with E-state index in [1.54, 1.807) is 0 Å². The van der Waals surface area contributed by atoms with Gasteiger partial charge in [0.05, 0.1) is 7.11 Å². The second kappa shape index (κ2) is 8.13. The lowest BCUT2D eigenvalue weighted by Gasteiger charge is -2.06. The Bertz CT molecular complexity index is 976. The molecule has 1 aliphatic rings. The molecule has 1 amide bonds. The van der Waals surface area contributed by atoms with E-state index >= 15 is 0 Å². The Morgan fingerprint density at radius 3 is 2.62 bits per heavy atom. The number of esters is 1. The molecule has 0 aromatic heterocycles. The van der Waals surface area contributed by atoms with Gasteiger partial charge in [-0.05, 0) is 35.9 Å². The van der Waals surface area contributed by atoms with Gasteiger partial charge in [0.15, 0.2) is 29.7 Å². The van der Waals surface area contributed by atoms with Crippen LogP contribution in [0.1, 0.15) is 5.56 Å². The lowest BCUT2D eigenvalue weighted by Crippen LogP contribution is -2.25. The average Bonchev–Trinajstić information content (AvgIpc) is 2.98. The molecule has 7 nitrogen and oxygen atoms in total. The summed E-state index contributed by atoms with van der Waals surface area (Å²) in [5.74, 6) is -2.47. The normalized spacial score (nSPS) is 13.9. The summed E-state index contributed by atoms with van der Waals surface area (Å²) in [5, 5.41) is 2.36. The maximum Gasteiger partial charge on any atom is 0.586 e. The zero-order valence-corrected chi connectivity index (χ0v) is 14.9. The van der Waals surface area contributed by atoms with Crippen LogP contribution in [0.25, 0.3) is 6.08 Å². The third-order valence-corrected chi connectivity index (χ3v) is 3.62. The molecule has 0 radical (unpaired) electrons. The third-order valence-electron chi connectivity index (χ3n) is 3.62. The molecule has 10 heteroatoms. The number of fused-ring (bicyclic) bond motifs is 1. The number of ether oxygens (including phenoxy) is 4. The molecule has 0 bridgehead atoms. The van der Waals surface area contributed by atoms with E-state index in [-0.39, 0.29) is 22.9 Å². The first-order valence-electron chi connectivity index (χ1n) is 8.14. The van der Waals surface area contributed by atoms with Crippen LogP contribution in [0.15, 0.2) is 42.5 Å². The van der Waals surface area contributed by atoms with Crippen molar-refractivity contribution in [3.8, 4) is 17.2 Å². The van der Waals surface area contributed by atoms with Gasteiger partial charge < -0.3 is 24.3 Å². The van der Waals surface area contributed by atoms with Crippen molar-refractivity contribution in [3.05, 3.63) is 53.9 Å². The summed E-state index contributed by atoms with van der Waals surface area (Å²) in [5.41, 5.74) is 0.539. The number of hydrogen-bond acceptors (Lipinski definition) is 6. The van der Waals surface area contributed by atoms with Crippen molar-refractivity contribution in [1.82, 2.24) is 0 Å². The molecule has 0 spiro atoms. The Balaban J connectivity index is 1.49. The number of hydrogen-bond donors (Lipinski definition) is 1. The van der Waals surface area contributed by atoms with Crippen LogP contribution in [0.4, 0.5) is 18.9 Å². The van der Waals surface area contributed by atoms with E-state index in [0.717, 1.165) is 12.1 Å². The molecule has 152 valence electrons. The molecule has 0 unspecified atom stereocenters. The smallest absolute Gasteiger partial charge is 0.494 e. The van der Waals surface area contributed by atoms with E-state index in [9.17, 15) is 22.8 Å². The number of methoxy groups -OCH3 is 1. The second-order valence-corrected chi connectivity index (χ2v) is 5.71. The monoisotopic (exact) mass is 409 g/mol. The van der Waals surface area contributed by atoms with Gasteiger partial charge in [0.1, 0.15) is 0 Å². The van der Waals surface area contributed by atoms with Gasteiger partial charge in [0.25, 0.3) is 5.91 Å². The van der Waals surface area contributed by atoms with Crippen molar-refractivity contribution in [2.24, 2.45) is 0 Å². The summed E-state index contributed by atoms with van der Waals surface area (Å²) in [4.78, 5) is 23.5. The van der Waals surface area contributed by atoms with Crippen molar-refractivity contribution in [1.29, 1.82) is 0 Å². The number of amides is 1. The Labute approximate surface area is 162 Å². The Hall–Kier alpha value is -3.69. The van der Waals surface area contributed by atoms with Crippen LogP contribution in [0.3, 0.4) is 0 Å². The number of rotatable bonds is 6. The minimum absolute atomic E-state index is 0.0636. The molecule has 0 saturated carbocycles. The summed E-state index contributed by atoms with van der Waals surface area (Å²) in [6.07, 6.45) is -1.43. The van der Waals surface area contributed by atoms with Gasteiger partial charge >= 0.3 is 12.3 Å². The lowest BCUT2D eigenvalue weighted by molar-refractivity contribution is -0.286. The van der Waals surface area contributed by atoms with Gasteiger partial charge in [-0.3, -0.25) is 4.79 Å². The predicted molar refractivity (Wildman–Crippen MR) is 94.2 cm³/mol. The molecule has 0 fully saturated rings. The molecular formula is C19H14F3NO6. The maximum atomic E-state index is 13.6. The molecule has 2 aromatic rings. The summed E-state index contributed by atoms with van der Waals surface area (Å²) >= 11 is 0. The van der Waals surface area contributed by atoms with Crippen molar-refractivity contribution in [3.63, 3.8) is 0 Å². The van der Waals surface area contributed by atoms with Crippen LogP contribution < -0.4 is 19.5 Å². The van der Waals surface area contributed by atoms with Crippen LogP contribution in [0.5, 0.6) is 17.2 Å². The number of alkyl halides is 2. The van der Waals surface area contributed by atoms with Gasteiger partial charge in [0.2, 0.25) is 0 Å². The van der Waals surface area contributed by atoms with Crippen LogP contribution in [-0.2, 0) is 14.3 Å². The fourth-order valence-electron chi connectivity index (χ4n) is 2.36. The zero-order valence-electron chi connectivity index (χ0n) is 14.9. The maximum absolute atomic E-state index is 13.6. The van der Waals surface area contributed by atoms with E-state index in [1.807, 2.05) is 0 Å². The fraction of sp³-hybridized carbons (Fsp3) is 0.158. The lowest BCUT2D eigenvalue weighted by atomic mass is 10.2. The van der Waals surface area contributed by atoms with Gasteiger partial charge in [0, 0.05) is 17.8 Å². The van der Waals surface area contributed by atoms with E-state index < -0.39 is 30.6 Å². The highest BCUT2D eigenvalue weighted by molar-refractivity contribution is 5.94. The zero-order chi connectivity index (χ0) is 21.0. The number of halogens is 3. The summed E-state index contributed by atoms with van der Waals surface area (Å²) < 4.78 is 57.6. The van der Waals surface area contributed by atoms with E-state index in [1.165, 1.54) is 43.5 Å². The highest BCUT2D eigenvalue weighted by Gasteiger charge is 2.43. The van der Waals surface area contributed by atoms with Gasteiger partial charge in [-0.1, -0.05) is 6.07 Å². The fourth-order valence-corrected chi connectivity index (χ4v) is 2.36. The van der Waals surface area contributed by atoms with Gasteiger partial charge in [-0.25, -0.2) is 9.18 Å². The topological polar surface area (TPSA) is 83.1 Å². The van der Waals surface area contributed by atoms with E-state index in [4.69, 9.17) is 9.47 Å². The highest BCUT2D eigenvalue weighted by Crippen LogP contribution is 2.42. The SMILES string of the molecule is COc1ccc(/C=C/C(=O)OCC(=O)Nc2ccc3c(c2)OC(F)(F)O3)cc1F. The Kier molecular flexibility index (Phi) is 5.62. The Morgan fingerprint density at radius 1 is 1.14 bits per heavy atom. The summed E-state index contributed by atoms with van der Waals surface area (Å²) in [6.45, 7) is -0.620. The molecule has 0 atom stereocenters. The summed E-state index contributed by atoms with van der Waals surface area (Å²) in [7, 11) is 1.33. The van der Waals surface area contributed by atoms with Crippen molar-refractivity contribution in [2.75, 3.05) is 19.0 Å². The van der Waals surface area contributed by atoms with E-state index in [0.29, 0.717) is 5.56 Å².